The van der Waals surface area contributed by atoms with E-state index in [0.29, 0.717) is 0 Å². The number of rotatable bonds is 0. The minimum atomic E-state index is 0.793. The zero-order valence-corrected chi connectivity index (χ0v) is 23.9. The Balaban J connectivity index is 1.55. The molecule has 188 valence electrons. The van der Waals surface area contributed by atoms with Gasteiger partial charge in [-0.15, -0.1) is 0 Å². The van der Waals surface area contributed by atoms with E-state index in [1.54, 1.807) is 0 Å². The second-order valence-electron chi connectivity index (χ2n) is 9.45. The van der Waals surface area contributed by atoms with Gasteiger partial charge in [0, 0.05) is 30.0 Å². The van der Waals surface area contributed by atoms with Crippen LogP contribution in [0, 0.1) is 0 Å². The molecule has 8 heteroatoms. The van der Waals surface area contributed by atoms with Gasteiger partial charge >= 0.3 is 0 Å². The van der Waals surface area contributed by atoms with Crippen molar-refractivity contribution in [2.75, 3.05) is 0 Å². The smallest absolute Gasteiger partial charge is 0.118 e. The first-order valence-corrected chi connectivity index (χ1v) is 16.0. The second kappa shape index (κ2) is 8.97. The van der Waals surface area contributed by atoms with Crippen LogP contribution in [0.2, 0.25) is 0 Å². The van der Waals surface area contributed by atoms with Crippen LogP contribution < -0.4 is 10.4 Å². The highest BCUT2D eigenvalue weighted by Gasteiger charge is 2.26. The van der Waals surface area contributed by atoms with Gasteiger partial charge in [-0.3, -0.25) is 0 Å². The lowest BCUT2D eigenvalue weighted by Gasteiger charge is -2.11. The molecule has 0 aliphatic carbocycles. The Hall–Kier alpha value is -3.56. The van der Waals surface area contributed by atoms with Crippen molar-refractivity contribution in [1.82, 2.24) is 19.9 Å². The summed E-state index contributed by atoms with van der Waals surface area (Å²) in [6.07, 6.45) is 0. The summed E-state index contributed by atoms with van der Waals surface area (Å²) in [7, 11) is 0. The number of benzene rings is 5. The topological polar surface area (TPSA) is 51.6 Å². The summed E-state index contributed by atoms with van der Waals surface area (Å²) in [6.45, 7) is 0. The summed E-state index contributed by atoms with van der Waals surface area (Å²) in [5.41, 5.74) is 6.80. The molecule has 0 spiro atoms. The molecule has 2 aliphatic rings. The Morgan fingerprint density at radius 1 is 0.325 bits per heavy atom. The van der Waals surface area contributed by atoms with Crippen LogP contribution in [0.1, 0.15) is 0 Å². The summed E-state index contributed by atoms with van der Waals surface area (Å²) in [4.78, 5) is 26.0. The van der Waals surface area contributed by atoms with Crippen LogP contribution in [0.5, 0.6) is 0 Å². The van der Waals surface area contributed by atoms with Crippen LogP contribution in [-0.2, 0) is 0 Å². The third-order valence-electron chi connectivity index (χ3n) is 7.01. The Kier molecular flexibility index (Phi) is 5.20. The standard InChI is InChI=1S/C32H16N4S4/c1-3-11-19-17(9-1)33-27-25(31-37-21-13-5-6-14-22(21)38-31)26(32-39-23-15-7-8-16-24(23)40-32)28-30(29(27)35-19)36-20-12-4-2-10-18(20)34-28/h1-16H. The third kappa shape index (κ3) is 3.53. The summed E-state index contributed by atoms with van der Waals surface area (Å²) >= 11 is 7.24. The quantitative estimate of drug-likeness (QED) is 0.132. The van der Waals surface area contributed by atoms with Gasteiger partial charge in [0.05, 0.1) is 30.5 Å². The number of thioether (sulfide) groups is 4. The van der Waals surface area contributed by atoms with Gasteiger partial charge in [-0.2, -0.15) is 0 Å². The van der Waals surface area contributed by atoms with Gasteiger partial charge in [-0.05, 0) is 48.5 Å². The van der Waals surface area contributed by atoms with Crippen LogP contribution in [0.15, 0.2) is 117 Å². The van der Waals surface area contributed by atoms with E-state index in [4.69, 9.17) is 19.9 Å². The lowest BCUT2D eigenvalue weighted by molar-refractivity contribution is 1.27. The normalized spacial score (nSPS) is 14.5. The number of fused-ring (bicyclic) bond motifs is 7. The monoisotopic (exact) mass is 584 g/mol. The van der Waals surface area contributed by atoms with Gasteiger partial charge in [-0.25, -0.2) is 19.9 Å². The lowest BCUT2D eigenvalue weighted by atomic mass is 10.1. The Morgan fingerprint density at radius 2 is 0.600 bits per heavy atom. The van der Waals surface area contributed by atoms with Gasteiger partial charge in [0.25, 0.3) is 0 Å². The molecule has 0 fully saturated rings. The van der Waals surface area contributed by atoms with Crippen molar-refractivity contribution < 1.29 is 0 Å². The predicted octanol–water partition coefficient (Wildman–Crippen LogP) is 7.81. The van der Waals surface area contributed by atoms with E-state index in [1.807, 2.05) is 95.6 Å². The Bertz CT molecular complexity index is 2130. The molecule has 5 aromatic carbocycles. The van der Waals surface area contributed by atoms with Gasteiger partial charge in [-0.1, -0.05) is 95.6 Å². The molecule has 0 amide bonds. The molecule has 2 aromatic heterocycles. The van der Waals surface area contributed by atoms with Crippen molar-refractivity contribution in [2.24, 2.45) is 0 Å². The molecule has 7 aromatic rings. The summed E-state index contributed by atoms with van der Waals surface area (Å²) in [5.74, 6) is 0. The van der Waals surface area contributed by atoms with E-state index >= 15 is 0 Å². The zero-order valence-electron chi connectivity index (χ0n) is 20.7. The number of hydrogen-bond acceptors (Lipinski definition) is 8. The van der Waals surface area contributed by atoms with Crippen LogP contribution in [0.25, 0.3) is 52.6 Å². The molecule has 4 heterocycles. The van der Waals surface area contributed by atoms with Crippen molar-refractivity contribution in [3.05, 3.63) is 107 Å². The van der Waals surface area contributed by atoms with Gasteiger partial charge < -0.3 is 0 Å². The fourth-order valence-electron chi connectivity index (χ4n) is 5.20. The highest BCUT2D eigenvalue weighted by atomic mass is 32.2. The molecule has 0 atom stereocenters. The molecule has 9 rings (SSSR count). The SMILES string of the molecule is c1ccc2c(c1)SC(=c1c(=C3Sc4ccccc4S3)c3nc4ccccc4nc3c3nc4ccccc4nc13)S2. The molecule has 40 heavy (non-hydrogen) atoms. The van der Waals surface area contributed by atoms with Gasteiger partial charge in [0.1, 0.15) is 22.1 Å². The van der Waals surface area contributed by atoms with Gasteiger partial charge in [0.2, 0.25) is 0 Å². The maximum atomic E-state index is 5.29. The van der Waals surface area contributed by atoms with Crippen molar-refractivity contribution in [3.63, 3.8) is 0 Å². The van der Waals surface area contributed by atoms with Crippen LogP contribution in [0.4, 0.5) is 0 Å². The molecule has 0 N–H and O–H groups in total. The number of para-hydroxylation sites is 4. The number of hydrogen-bond donors (Lipinski definition) is 0. The molecular weight excluding hydrogens is 569 g/mol. The van der Waals surface area contributed by atoms with Crippen molar-refractivity contribution in [3.8, 4) is 0 Å². The summed E-state index contributed by atoms with van der Waals surface area (Å²) < 4.78 is 2.40. The molecule has 0 saturated carbocycles. The predicted molar refractivity (Wildman–Crippen MR) is 170 cm³/mol. The fourth-order valence-corrected chi connectivity index (χ4v) is 10.4. The maximum Gasteiger partial charge on any atom is 0.118 e. The molecule has 0 bridgehead atoms. The van der Waals surface area contributed by atoms with E-state index < -0.39 is 0 Å². The average molecular weight is 585 g/mol. The van der Waals surface area contributed by atoms with E-state index in [-0.39, 0.29) is 0 Å². The van der Waals surface area contributed by atoms with E-state index in [9.17, 15) is 0 Å². The fraction of sp³-hybridized carbons (Fsp3) is 0. The molecule has 0 saturated heterocycles. The van der Waals surface area contributed by atoms with E-state index in [0.717, 1.165) is 54.6 Å². The second-order valence-corrected chi connectivity index (χ2v) is 14.2. The van der Waals surface area contributed by atoms with Crippen LogP contribution in [-0.4, -0.2) is 19.9 Å². The maximum absolute atomic E-state index is 5.29. The first-order chi connectivity index (χ1) is 19.8. The minimum Gasteiger partial charge on any atom is -0.244 e. The van der Waals surface area contributed by atoms with Crippen LogP contribution >= 0.6 is 47.0 Å². The van der Waals surface area contributed by atoms with Crippen molar-refractivity contribution >= 4 is 99.7 Å². The molecule has 0 unspecified atom stereocenters. The lowest BCUT2D eigenvalue weighted by Crippen LogP contribution is -2.31. The Labute approximate surface area is 245 Å². The summed E-state index contributed by atoms with van der Waals surface area (Å²) in [5, 5.41) is 2.19. The molecular formula is C32H16N4S4. The first kappa shape index (κ1) is 23.2. The molecule has 4 nitrogen and oxygen atoms in total. The van der Waals surface area contributed by atoms with E-state index in [1.165, 1.54) is 28.1 Å². The van der Waals surface area contributed by atoms with Crippen molar-refractivity contribution in [1.29, 1.82) is 0 Å². The minimum absolute atomic E-state index is 0.793. The van der Waals surface area contributed by atoms with E-state index in [2.05, 4.69) is 48.5 Å². The zero-order chi connectivity index (χ0) is 26.2. The molecule has 2 aliphatic heterocycles. The number of aromatic nitrogens is 4. The largest absolute Gasteiger partial charge is 0.244 e. The number of nitrogens with zero attached hydrogens (tertiary/aromatic N) is 4. The highest BCUT2D eigenvalue weighted by Crippen LogP contribution is 2.53. The first-order valence-electron chi connectivity index (χ1n) is 12.7. The van der Waals surface area contributed by atoms with Gasteiger partial charge in [0.15, 0.2) is 0 Å². The Morgan fingerprint density at radius 3 is 0.925 bits per heavy atom. The third-order valence-corrected chi connectivity index (χ3v) is 12.1. The van der Waals surface area contributed by atoms with Crippen LogP contribution in [0.3, 0.4) is 0 Å². The summed E-state index contributed by atoms with van der Waals surface area (Å²) in [6, 6.07) is 33.4. The average Bonchev–Trinajstić information content (AvgIpc) is 3.63. The highest BCUT2D eigenvalue weighted by molar-refractivity contribution is 8.32. The molecule has 0 radical (unpaired) electrons. The van der Waals surface area contributed by atoms with Crippen molar-refractivity contribution in [2.45, 2.75) is 19.6 Å².